The summed E-state index contributed by atoms with van der Waals surface area (Å²) in [6.45, 7) is 2.25. The molecule has 1 saturated carbocycles. The van der Waals surface area contributed by atoms with Crippen LogP contribution in [0.2, 0.25) is 0 Å². The van der Waals surface area contributed by atoms with Gasteiger partial charge in [0.2, 0.25) is 11.8 Å². The Bertz CT molecular complexity index is 778. The van der Waals surface area contributed by atoms with E-state index in [0.29, 0.717) is 25.1 Å². The van der Waals surface area contributed by atoms with Gasteiger partial charge in [0.1, 0.15) is 5.82 Å². The molecule has 3 unspecified atom stereocenters. The highest BCUT2D eigenvalue weighted by Gasteiger charge is 2.50. The van der Waals surface area contributed by atoms with E-state index in [1.54, 1.807) is 4.90 Å². The Labute approximate surface area is 146 Å². The third kappa shape index (κ3) is 4.00. The highest BCUT2D eigenvalue weighted by Crippen LogP contribution is 2.41. The molecule has 2 fully saturated rings. The first kappa shape index (κ1) is 17.8. The molecule has 8 heteroatoms. The third-order valence-corrected chi connectivity index (χ3v) is 6.58. The fourth-order valence-electron chi connectivity index (χ4n) is 3.35. The van der Waals surface area contributed by atoms with E-state index in [1.165, 1.54) is 24.3 Å². The molecule has 3 atom stereocenters. The van der Waals surface area contributed by atoms with Gasteiger partial charge in [0.15, 0.2) is 9.84 Å². The van der Waals surface area contributed by atoms with E-state index >= 15 is 0 Å². The van der Waals surface area contributed by atoms with E-state index in [-0.39, 0.29) is 35.2 Å². The van der Waals surface area contributed by atoms with Crippen LogP contribution in [0.15, 0.2) is 24.3 Å². The lowest BCUT2D eigenvalue weighted by Crippen LogP contribution is -2.42. The van der Waals surface area contributed by atoms with Crippen molar-refractivity contribution in [3.05, 3.63) is 30.1 Å². The molecule has 1 aliphatic heterocycles. The standard InChI is InChI=1S/C17H21FN2O4S/c1-2-20(13-7-8-25(23,24)10-13)17(22)15-9-14(15)16(21)19-12-5-3-11(18)4-6-12/h3-6,13-15H,2,7-10H2,1H3,(H,19,21). The molecule has 3 rings (SSSR count). The van der Waals surface area contributed by atoms with Crippen LogP contribution in [-0.4, -0.2) is 49.2 Å². The number of nitrogens with zero attached hydrogens (tertiary/aromatic N) is 1. The van der Waals surface area contributed by atoms with E-state index in [0.717, 1.165) is 0 Å². The fraction of sp³-hybridized carbons (Fsp3) is 0.529. The molecular weight excluding hydrogens is 347 g/mol. The van der Waals surface area contributed by atoms with E-state index in [2.05, 4.69) is 5.32 Å². The average molecular weight is 368 g/mol. The lowest BCUT2D eigenvalue weighted by molar-refractivity contribution is -0.135. The number of sulfone groups is 1. The maximum absolute atomic E-state index is 12.9. The Morgan fingerprint density at radius 3 is 2.48 bits per heavy atom. The van der Waals surface area contributed by atoms with Crippen molar-refractivity contribution < 1.29 is 22.4 Å². The zero-order valence-electron chi connectivity index (χ0n) is 13.9. The summed E-state index contributed by atoms with van der Waals surface area (Å²) in [5.41, 5.74) is 0.485. The molecule has 1 N–H and O–H groups in total. The van der Waals surface area contributed by atoms with Gasteiger partial charge in [-0.2, -0.15) is 0 Å². The summed E-state index contributed by atoms with van der Waals surface area (Å²) in [7, 11) is -3.07. The van der Waals surface area contributed by atoms with E-state index in [9.17, 15) is 22.4 Å². The van der Waals surface area contributed by atoms with Gasteiger partial charge in [0, 0.05) is 18.3 Å². The first-order valence-corrected chi connectivity index (χ1v) is 10.2. The first-order chi connectivity index (χ1) is 11.8. The van der Waals surface area contributed by atoms with Gasteiger partial charge < -0.3 is 10.2 Å². The summed E-state index contributed by atoms with van der Waals surface area (Å²) in [5.74, 6) is -1.49. The number of nitrogens with one attached hydrogen (secondary N) is 1. The van der Waals surface area contributed by atoms with Crippen LogP contribution in [0.3, 0.4) is 0 Å². The molecule has 1 heterocycles. The van der Waals surface area contributed by atoms with E-state index in [4.69, 9.17) is 0 Å². The lowest BCUT2D eigenvalue weighted by Gasteiger charge is -2.27. The minimum atomic E-state index is -3.07. The molecule has 2 amide bonds. The molecule has 0 bridgehead atoms. The zero-order chi connectivity index (χ0) is 18.2. The molecule has 2 aliphatic rings. The lowest BCUT2D eigenvalue weighted by atomic mass is 10.2. The molecule has 1 aromatic carbocycles. The number of anilines is 1. The van der Waals surface area contributed by atoms with Crippen molar-refractivity contribution >= 4 is 27.3 Å². The number of halogens is 1. The summed E-state index contributed by atoms with van der Waals surface area (Å²) < 4.78 is 36.2. The van der Waals surface area contributed by atoms with Gasteiger partial charge in [-0.25, -0.2) is 12.8 Å². The van der Waals surface area contributed by atoms with Crippen LogP contribution in [0.1, 0.15) is 19.8 Å². The zero-order valence-corrected chi connectivity index (χ0v) is 14.8. The summed E-state index contributed by atoms with van der Waals surface area (Å²) in [6, 6.07) is 5.15. The quantitative estimate of drug-likeness (QED) is 0.852. The Morgan fingerprint density at radius 2 is 1.92 bits per heavy atom. The van der Waals surface area contributed by atoms with Crippen LogP contribution in [0.5, 0.6) is 0 Å². The summed E-state index contributed by atoms with van der Waals surface area (Å²) in [4.78, 5) is 26.5. The van der Waals surface area contributed by atoms with Crippen molar-refractivity contribution in [2.45, 2.75) is 25.8 Å². The second kappa shape index (κ2) is 6.74. The molecule has 136 valence electrons. The Balaban J connectivity index is 1.59. The van der Waals surface area contributed by atoms with Crippen molar-refractivity contribution in [2.24, 2.45) is 11.8 Å². The van der Waals surface area contributed by atoms with Gasteiger partial charge in [0.25, 0.3) is 0 Å². The van der Waals surface area contributed by atoms with Crippen LogP contribution in [-0.2, 0) is 19.4 Å². The number of amides is 2. The van der Waals surface area contributed by atoms with Gasteiger partial charge in [-0.3, -0.25) is 9.59 Å². The summed E-state index contributed by atoms with van der Waals surface area (Å²) >= 11 is 0. The third-order valence-electron chi connectivity index (χ3n) is 4.83. The fourth-order valence-corrected chi connectivity index (χ4v) is 5.08. The van der Waals surface area contributed by atoms with Crippen LogP contribution < -0.4 is 5.32 Å². The topological polar surface area (TPSA) is 83.6 Å². The van der Waals surface area contributed by atoms with Crippen molar-refractivity contribution in [1.82, 2.24) is 4.90 Å². The van der Waals surface area contributed by atoms with Crippen molar-refractivity contribution in [3.63, 3.8) is 0 Å². The minimum Gasteiger partial charge on any atom is -0.339 e. The van der Waals surface area contributed by atoms with Crippen molar-refractivity contribution in [2.75, 3.05) is 23.4 Å². The van der Waals surface area contributed by atoms with Gasteiger partial charge in [-0.05, 0) is 44.0 Å². The van der Waals surface area contributed by atoms with Gasteiger partial charge in [-0.15, -0.1) is 0 Å². The second-order valence-electron chi connectivity index (χ2n) is 6.63. The van der Waals surface area contributed by atoms with Crippen molar-refractivity contribution in [3.8, 4) is 0 Å². The van der Waals surface area contributed by atoms with Crippen molar-refractivity contribution in [1.29, 1.82) is 0 Å². The highest BCUT2D eigenvalue weighted by molar-refractivity contribution is 7.91. The molecule has 1 aliphatic carbocycles. The number of hydrogen-bond acceptors (Lipinski definition) is 4. The van der Waals surface area contributed by atoms with Gasteiger partial charge in [-0.1, -0.05) is 0 Å². The first-order valence-electron chi connectivity index (χ1n) is 8.38. The molecular formula is C17H21FN2O4S. The number of carbonyl (C=O) groups excluding carboxylic acids is 2. The predicted octanol–water partition coefficient (Wildman–Crippen LogP) is 1.44. The average Bonchev–Trinajstić information content (AvgIpc) is 3.29. The second-order valence-corrected chi connectivity index (χ2v) is 8.85. The van der Waals surface area contributed by atoms with Gasteiger partial charge >= 0.3 is 0 Å². The molecule has 1 aromatic rings. The normalized spacial score (nSPS) is 26.9. The number of rotatable bonds is 5. The maximum Gasteiger partial charge on any atom is 0.228 e. The van der Waals surface area contributed by atoms with E-state index in [1.807, 2.05) is 6.92 Å². The Kier molecular flexibility index (Phi) is 4.81. The molecule has 1 saturated heterocycles. The van der Waals surface area contributed by atoms with Crippen LogP contribution in [0.4, 0.5) is 10.1 Å². The minimum absolute atomic E-state index is 0.00570. The molecule has 6 nitrogen and oxygen atoms in total. The molecule has 0 spiro atoms. The molecule has 25 heavy (non-hydrogen) atoms. The number of benzene rings is 1. The van der Waals surface area contributed by atoms with Crippen LogP contribution >= 0.6 is 0 Å². The number of carbonyl (C=O) groups is 2. The highest BCUT2D eigenvalue weighted by atomic mass is 32.2. The Hall–Kier alpha value is -1.96. The SMILES string of the molecule is CCN(C(=O)C1CC1C(=O)Nc1ccc(F)cc1)C1CCS(=O)(=O)C1. The largest absolute Gasteiger partial charge is 0.339 e. The maximum atomic E-state index is 12.9. The van der Waals surface area contributed by atoms with Crippen LogP contribution in [0.25, 0.3) is 0 Å². The Morgan fingerprint density at radius 1 is 1.24 bits per heavy atom. The van der Waals surface area contributed by atoms with E-state index < -0.39 is 21.7 Å². The number of hydrogen-bond donors (Lipinski definition) is 1. The van der Waals surface area contributed by atoms with Gasteiger partial charge in [0.05, 0.1) is 23.3 Å². The summed E-state index contributed by atoms with van der Waals surface area (Å²) in [6.07, 6.45) is 0.920. The molecule has 0 aromatic heterocycles. The monoisotopic (exact) mass is 368 g/mol. The summed E-state index contributed by atoms with van der Waals surface area (Å²) in [5, 5.41) is 2.68. The smallest absolute Gasteiger partial charge is 0.228 e. The van der Waals surface area contributed by atoms with Crippen LogP contribution in [0, 0.1) is 17.7 Å². The molecule has 0 radical (unpaired) electrons. The predicted molar refractivity (Wildman–Crippen MR) is 91.1 cm³/mol.